The zero-order valence-electron chi connectivity index (χ0n) is 8.90. The van der Waals surface area contributed by atoms with Crippen LogP contribution in [-0.4, -0.2) is 5.75 Å². The Labute approximate surface area is 122 Å². The van der Waals surface area contributed by atoms with Gasteiger partial charge >= 0.3 is 0 Å². The summed E-state index contributed by atoms with van der Waals surface area (Å²) < 4.78 is 1.10. The first-order chi connectivity index (χ1) is 8.16. The van der Waals surface area contributed by atoms with Crippen molar-refractivity contribution in [2.75, 3.05) is 5.75 Å². The van der Waals surface area contributed by atoms with Crippen molar-refractivity contribution in [3.8, 4) is 0 Å². The molecule has 1 aromatic heterocycles. The van der Waals surface area contributed by atoms with Gasteiger partial charge in [-0.1, -0.05) is 17.7 Å². The topological polar surface area (TPSA) is 26.0 Å². The summed E-state index contributed by atoms with van der Waals surface area (Å²) in [5.74, 6) is 0.843. The molecule has 17 heavy (non-hydrogen) atoms. The van der Waals surface area contributed by atoms with Crippen LogP contribution in [0.1, 0.15) is 11.6 Å². The number of halogens is 2. The molecule has 90 valence electrons. The highest BCUT2D eigenvalue weighted by Crippen LogP contribution is 2.30. The number of thioether (sulfide) groups is 1. The van der Waals surface area contributed by atoms with Crippen molar-refractivity contribution in [2.45, 2.75) is 10.9 Å². The van der Waals surface area contributed by atoms with E-state index in [1.165, 1.54) is 5.56 Å². The summed E-state index contributed by atoms with van der Waals surface area (Å²) >= 11 is 12.8. The van der Waals surface area contributed by atoms with Gasteiger partial charge in [0.05, 0.1) is 0 Å². The lowest BCUT2D eigenvalue weighted by molar-refractivity contribution is 0.831. The fourth-order valence-corrected chi connectivity index (χ4v) is 4.24. The third kappa shape index (κ3) is 3.73. The van der Waals surface area contributed by atoms with Crippen molar-refractivity contribution in [3.05, 3.63) is 50.1 Å². The van der Waals surface area contributed by atoms with E-state index in [1.807, 2.05) is 24.3 Å². The maximum atomic E-state index is 6.15. The van der Waals surface area contributed by atoms with Crippen molar-refractivity contribution in [1.29, 1.82) is 0 Å². The van der Waals surface area contributed by atoms with Gasteiger partial charge in [0, 0.05) is 31.6 Å². The van der Waals surface area contributed by atoms with Gasteiger partial charge in [0.15, 0.2) is 0 Å². The number of nitrogens with two attached hydrogens (primary N) is 1. The molecule has 0 radical (unpaired) electrons. The molecular weight excluding hydrogens is 338 g/mol. The molecule has 2 N–H and O–H groups in total. The molecule has 0 aliphatic rings. The first kappa shape index (κ1) is 13.4. The van der Waals surface area contributed by atoms with Gasteiger partial charge < -0.3 is 5.73 Å². The van der Waals surface area contributed by atoms with Crippen molar-refractivity contribution < 1.29 is 0 Å². The standard InChI is InChI=1S/C12H11BrClNS2/c13-11-6-16-5-10(11)12(15)7-17-9-3-1-2-8(14)4-9/h1-6,12H,7,15H2. The molecule has 1 nitrogen and oxygen atoms in total. The molecule has 1 aromatic carbocycles. The lowest BCUT2D eigenvalue weighted by Gasteiger charge is -2.10. The highest BCUT2D eigenvalue weighted by molar-refractivity contribution is 9.10. The summed E-state index contributed by atoms with van der Waals surface area (Å²) in [4.78, 5) is 1.15. The first-order valence-corrected chi connectivity index (χ1v) is 8.12. The van der Waals surface area contributed by atoms with E-state index in [1.54, 1.807) is 23.1 Å². The largest absolute Gasteiger partial charge is 0.323 e. The van der Waals surface area contributed by atoms with Gasteiger partial charge in [-0.05, 0) is 45.1 Å². The van der Waals surface area contributed by atoms with E-state index in [0.717, 1.165) is 20.1 Å². The molecule has 0 spiro atoms. The number of hydrogen-bond donors (Lipinski definition) is 1. The molecular formula is C12H11BrClNS2. The van der Waals surface area contributed by atoms with Gasteiger partial charge in [-0.3, -0.25) is 0 Å². The van der Waals surface area contributed by atoms with Crippen LogP contribution in [0.15, 0.2) is 44.4 Å². The Hall–Kier alpha value is -0.000000000000000111. The monoisotopic (exact) mass is 347 g/mol. The predicted molar refractivity (Wildman–Crippen MR) is 81.1 cm³/mol. The summed E-state index contributed by atoms with van der Waals surface area (Å²) in [6, 6.07) is 7.88. The molecule has 1 heterocycles. The molecule has 1 atom stereocenters. The van der Waals surface area contributed by atoms with Crippen LogP contribution in [0.4, 0.5) is 0 Å². The summed E-state index contributed by atoms with van der Waals surface area (Å²) in [5.41, 5.74) is 7.32. The van der Waals surface area contributed by atoms with E-state index in [0.29, 0.717) is 0 Å². The van der Waals surface area contributed by atoms with Crippen LogP contribution in [-0.2, 0) is 0 Å². The maximum Gasteiger partial charge on any atom is 0.0417 e. The van der Waals surface area contributed by atoms with Crippen LogP contribution in [0.3, 0.4) is 0 Å². The minimum Gasteiger partial charge on any atom is -0.323 e. The Morgan fingerprint density at radius 2 is 2.24 bits per heavy atom. The van der Waals surface area contributed by atoms with Gasteiger partial charge in [-0.25, -0.2) is 0 Å². The molecule has 0 bridgehead atoms. The smallest absolute Gasteiger partial charge is 0.0417 e. The van der Waals surface area contributed by atoms with E-state index < -0.39 is 0 Å². The molecule has 0 amide bonds. The van der Waals surface area contributed by atoms with Gasteiger partial charge in [0.2, 0.25) is 0 Å². The fourth-order valence-electron chi connectivity index (χ4n) is 1.39. The average Bonchev–Trinajstić information content (AvgIpc) is 2.72. The number of rotatable bonds is 4. The van der Waals surface area contributed by atoms with Gasteiger partial charge in [0.1, 0.15) is 0 Å². The van der Waals surface area contributed by atoms with Gasteiger partial charge in [-0.15, -0.1) is 11.8 Å². The summed E-state index contributed by atoms with van der Waals surface area (Å²) in [6.07, 6.45) is 0. The molecule has 0 fully saturated rings. The predicted octanol–water partition coefficient (Wildman–Crippen LogP) is 4.96. The third-order valence-corrected chi connectivity index (χ3v) is 5.37. The normalized spacial score (nSPS) is 12.6. The minimum atomic E-state index is 0.0413. The van der Waals surface area contributed by atoms with Crippen LogP contribution in [0, 0.1) is 0 Å². The molecule has 2 aromatic rings. The average molecular weight is 349 g/mol. The number of thiophene rings is 1. The van der Waals surface area contributed by atoms with E-state index in [-0.39, 0.29) is 6.04 Å². The van der Waals surface area contributed by atoms with Crippen LogP contribution < -0.4 is 5.73 Å². The SMILES string of the molecule is NC(CSc1cccc(Cl)c1)c1cscc1Br. The second kappa shape index (κ2) is 6.25. The third-order valence-electron chi connectivity index (χ3n) is 2.27. The van der Waals surface area contributed by atoms with Crippen molar-refractivity contribution in [3.63, 3.8) is 0 Å². The number of benzene rings is 1. The summed E-state index contributed by atoms with van der Waals surface area (Å²) in [7, 11) is 0. The van der Waals surface area contributed by atoms with Crippen LogP contribution in [0.2, 0.25) is 5.02 Å². The quantitative estimate of drug-likeness (QED) is 0.791. The Kier molecular flexibility index (Phi) is 4.94. The molecule has 0 saturated carbocycles. The zero-order chi connectivity index (χ0) is 12.3. The Morgan fingerprint density at radius 3 is 2.88 bits per heavy atom. The Bertz CT molecular complexity index is 501. The number of hydrogen-bond acceptors (Lipinski definition) is 3. The van der Waals surface area contributed by atoms with Crippen LogP contribution in [0.25, 0.3) is 0 Å². The van der Waals surface area contributed by atoms with E-state index in [2.05, 4.69) is 26.7 Å². The van der Waals surface area contributed by atoms with Crippen molar-refractivity contribution in [1.82, 2.24) is 0 Å². The highest BCUT2D eigenvalue weighted by Gasteiger charge is 2.11. The maximum absolute atomic E-state index is 6.15. The lowest BCUT2D eigenvalue weighted by Crippen LogP contribution is -2.12. The second-order valence-electron chi connectivity index (χ2n) is 3.55. The molecule has 2 rings (SSSR count). The molecule has 0 aliphatic carbocycles. The Balaban J connectivity index is 1.97. The summed E-state index contributed by atoms with van der Waals surface area (Å²) in [5, 5.41) is 4.91. The van der Waals surface area contributed by atoms with E-state index in [4.69, 9.17) is 17.3 Å². The zero-order valence-corrected chi connectivity index (χ0v) is 12.9. The van der Waals surface area contributed by atoms with Gasteiger partial charge in [0.25, 0.3) is 0 Å². The van der Waals surface area contributed by atoms with E-state index in [9.17, 15) is 0 Å². The second-order valence-corrected chi connectivity index (χ2v) is 6.68. The molecule has 1 unspecified atom stereocenters. The van der Waals surface area contributed by atoms with Crippen molar-refractivity contribution in [2.24, 2.45) is 5.73 Å². The summed E-state index contributed by atoms with van der Waals surface area (Å²) in [6.45, 7) is 0. The van der Waals surface area contributed by atoms with Crippen molar-refractivity contribution >= 4 is 50.6 Å². The van der Waals surface area contributed by atoms with Crippen LogP contribution >= 0.6 is 50.6 Å². The van der Waals surface area contributed by atoms with E-state index >= 15 is 0 Å². The Morgan fingerprint density at radius 1 is 1.41 bits per heavy atom. The fraction of sp³-hybridized carbons (Fsp3) is 0.167. The minimum absolute atomic E-state index is 0.0413. The molecule has 0 aliphatic heterocycles. The lowest BCUT2D eigenvalue weighted by atomic mass is 10.2. The van der Waals surface area contributed by atoms with Crippen LogP contribution in [0.5, 0.6) is 0 Å². The highest BCUT2D eigenvalue weighted by atomic mass is 79.9. The first-order valence-electron chi connectivity index (χ1n) is 5.02. The molecule has 0 saturated heterocycles. The molecule has 5 heteroatoms. The van der Waals surface area contributed by atoms with Gasteiger partial charge in [-0.2, -0.15) is 11.3 Å².